The van der Waals surface area contributed by atoms with E-state index in [1.54, 1.807) is 0 Å². The molecule has 0 saturated carbocycles. The maximum Gasteiger partial charge on any atom is 0.338 e. The third kappa shape index (κ3) is 5.86. The highest BCUT2D eigenvalue weighted by Crippen LogP contribution is 2.11. The summed E-state index contributed by atoms with van der Waals surface area (Å²) < 4.78 is 17.7. The molecule has 0 bridgehead atoms. The van der Waals surface area contributed by atoms with Gasteiger partial charge in [-0.15, -0.1) is 0 Å². The van der Waals surface area contributed by atoms with E-state index in [4.69, 9.17) is 16.3 Å². The minimum atomic E-state index is -0.667. The number of benzene rings is 2. The average molecular weight is 379 g/mol. The second-order valence-electron chi connectivity index (χ2n) is 5.39. The average Bonchev–Trinajstić information content (AvgIpc) is 2.61. The predicted molar refractivity (Wildman–Crippen MR) is 94.4 cm³/mol. The van der Waals surface area contributed by atoms with Gasteiger partial charge in [0.15, 0.2) is 6.61 Å². The van der Waals surface area contributed by atoms with E-state index in [-0.39, 0.29) is 12.1 Å². The first-order valence-electron chi connectivity index (χ1n) is 7.57. The van der Waals surface area contributed by atoms with Crippen molar-refractivity contribution in [3.05, 3.63) is 64.9 Å². The number of hydrogen-bond donors (Lipinski definition) is 1. The fourth-order valence-electron chi connectivity index (χ4n) is 1.94. The molecule has 0 aromatic heterocycles. The molecule has 0 atom stereocenters. The Morgan fingerprint density at radius 2 is 1.69 bits per heavy atom. The van der Waals surface area contributed by atoms with Crippen LogP contribution < -0.4 is 5.32 Å². The van der Waals surface area contributed by atoms with E-state index < -0.39 is 30.2 Å². The summed E-state index contributed by atoms with van der Waals surface area (Å²) in [4.78, 5) is 36.8. The van der Waals surface area contributed by atoms with E-state index in [1.165, 1.54) is 55.6 Å². The molecule has 6 nitrogen and oxygen atoms in total. The van der Waals surface area contributed by atoms with Gasteiger partial charge < -0.3 is 15.0 Å². The molecule has 1 N–H and O–H groups in total. The number of hydrogen-bond acceptors (Lipinski definition) is 4. The van der Waals surface area contributed by atoms with E-state index in [9.17, 15) is 18.8 Å². The molecule has 0 heterocycles. The number of nitrogens with one attached hydrogen (secondary N) is 1. The van der Waals surface area contributed by atoms with Crippen molar-refractivity contribution in [2.24, 2.45) is 0 Å². The number of anilines is 1. The summed E-state index contributed by atoms with van der Waals surface area (Å²) in [5, 5.41) is 3.01. The summed E-state index contributed by atoms with van der Waals surface area (Å²) in [5.41, 5.74) is 0.672. The molecule has 136 valence electrons. The number of amides is 2. The van der Waals surface area contributed by atoms with E-state index in [0.717, 1.165) is 4.90 Å². The van der Waals surface area contributed by atoms with Gasteiger partial charge in [0.1, 0.15) is 5.82 Å². The standard InChI is InChI=1S/C18H16ClFN2O4/c1-22(10-16(23)21-15-8-6-14(20)7-9-15)17(24)11-26-18(25)12-2-4-13(19)5-3-12/h2-9H,10-11H2,1H3,(H,21,23). The van der Waals surface area contributed by atoms with Gasteiger partial charge in [-0.3, -0.25) is 9.59 Å². The van der Waals surface area contributed by atoms with E-state index in [2.05, 4.69) is 5.32 Å². The minimum Gasteiger partial charge on any atom is -0.452 e. The van der Waals surface area contributed by atoms with Gasteiger partial charge in [-0.2, -0.15) is 0 Å². The topological polar surface area (TPSA) is 75.7 Å². The number of halogens is 2. The molecule has 0 aliphatic heterocycles. The van der Waals surface area contributed by atoms with Gasteiger partial charge in [0.2, 0.25) is 5.91 Å². The van der Waals surface area contributed by atoms with Crippen LogP contribution in [0.25, 0.3) is 0 Å². The highest BCUT2D eigenvalue weighted by molar-refractivity contribution is 6.30. The van der Waals surface area contributed by atoms with Crippen molar-refractivity contribution >= 4 is 35.1 Å². The summed E-state index contributed by atoms with van der Waals surface area (Å²) >= 11 is 5.73. The zero-order valence-corrected chi connectivity index (χ0v) is 14.6. The first kappa shape index (κ1) is 19.4. The lowest BCUT2D eigenvalue weighted by Crippen LogP contribution is -2.37. The third-order valence-electron chi connectivity index (χ3n) is 3.34. The number of carbonyl (C=O) groups is 3. The van der Waals surface area contributed by atoms with Crippen molar-refractivity contribution in [2.45, 2.75) is 0 Å². The van der Waals surface area contributed by atoms with Crippen LogP contribution in [0.3, 0.4) is 0 Å². The molecule has 8 heteroatoms. The lowest BCUT2D eigenvalue weighted by molar-refractivity contribution is -0.136. The number of rotatable bonds is 6. The van der Waals surface area contributed by atoms with Gasteiger partial charge >= 0.3 is 5.97 Å². The summed E-state index contributed by atoms with van der Waals surface area (Å²) in [6.07, 6.45) is 0. The molecular formula is C18H16ClFN2O4. The Hall–Kier alpha value is -2.93. The number of nitrogens with zero attached hydrogens (tertiary/aromatic N) is 1. The summed E-state index contributed by atoms with van der Waals surface area (Å²) in [7, 11) is 1.41. The van der Waals surface area contributed by atoms with Crippen LogP contribution in [0.1, 0.15) is 10.4 Å². The molecule has 0 aliphatic carbocycles. The Morgan fingerprint density at radius 1 is 1.08 bits per heavy atom. The first-order chi connectivity index (χ1) is 12.3. The Morgan fingerprint density at radius 3 is 2.31 bits per heavy atom. The van der Waals surface area contributed by atoms with Crippen molar-refractivity contribution < 1.29 is 23.5 Å². The molecule has 0 spiro atoms. The molecule has 2 aromatic rings. The van der Waals surface area contributed by atoms with Crippen molar-refractivity contribution in [1.29, 1.82) is 0 Å². The van der Waals surface area contributed by atoms with Gasteiger partial charge in [-0.05, 0) is 48.5 Å². The number of ether oxygens (including phenoxy) is 1. The van der Waals surface area contributed by atoms with Crippen molar-refractivity contribution in [3.63, 3.8) is 0 Å². The predicted octanol–water partition coefficient (Wildman–Crippen LogP) is 2.73. The lowest BCUT2D eigenvalue weighted by atomic mass is 10.2. The maximum absolute atomic E-state index is 12.8. The Kier molecular flexibility index (Phi) is 6.68. The highest BCUT2D eigenvalue weighted by Gasteiger charge is 2.16. The molecule has 0 unspecified atom stereocenters. The van der Waals surface area contributed by atoms with Crippen LogP contribution in [-0.4, -0.2) is 42.9 Å². The van der Waals surface area contributed by atoms with Gasteiger partial charge in [0.05, 0.1) is 12.1 Å². The summed E-state index contributed by atoms with van der Waals surface area (Å²) in [6, 6.07) is 11.3. The van der Waals surface area contributed by atoms with Crippen molar-refractivity contribution in [1.82, 2.24) is 4.90 Å². The maximum atomic E-state index is 12.8. The molecule has 2 aromatic carbocycles. The van der Waals surface area contributed by atoms with Crippen molar-refractivity contribution in [2.75, 3.05) is 25.5 Å². The molecule has 0 aliphatic rings. The van der Waals surface area contributed by atoms with Crippen LogP contribution in [0, 0.1) is 5.82 Å². The molecule has 0 radical (unpaired) electrons. The van der Waals surface area contributed by atoms with Crippen LogP contribution in [-0.2, 0) is 14.3 Å². The molecule has 0 fully saturated rings. The number of carbonyl (C=O) groups excluding carboxylic acids is 3. The largest absolute Gasteiger partial charge is 0.452 e. The van der Waals surface area contributed by atoms with E-state index in [1.807, 2.05) is 0 Å². The van der Waals surface area contributed by atoms with Gasteiger partial charge in [0.25, 0.3) is 5.91 Å². The molecule has 26 heavy (non-hydrogen) atoms. The third-order valence-corrected chi connectivity index (χ3v) is 3.59. The first-order valence-corrected chi connectivity index (χ1v) is 7.95. The Labute approximate surface area is 154 Å². The molecular weight excluding hydrogens is 363 g/mol. The van der Waals surface area contributed by atoms with Crippen LogP contribution in [0.4, 0.5) is 10.1 Å². The van der Waals surface area contributed by atoms with Crippen LogP contribution in [0.15, 0.2) is 48.5 Å². The highest BCUT2D eigenvalue weighted by atomic mass is 35.5. The fraction of sp³-hybridized carbons (Fsp3) is 0.167. The second-order valence-corrected chi connectivity index (χ2v) is 5.82. The van der Waals surface area contributed by atoms with Gasteiger partial charge in [0, 0.05) is 17.8 Å². The van der Waals surface area contributed by atoms with Crippen LogP contribution in [0.5, 0.6) is 0 Å². The van der Waals surface area contributed by atoms with Gasteiger partial charge in [-0.25, -0.2) is 9.18 Å². The van der Waals surface area contributed by atoms with Crippen molar-refractivity contribution in [3.8, 4) is 0 Å². The van der Waals surface area contributed by atoms with E-state index in [0.29, 0.717) is 10.7 Å². The van der Waals surface area contributed by atoms with Crippen LogP contribution >= 0.6 is 11.6 Å². The van der Waals surface area contributed by atoms with Crippen LogP contribution in [0.2, 0.25) is 5.02 Å². The Bertz CT molecular complexity index is 794. The second kappa shape index (κ2) is 8.96. The molecule has 2 rings (SSSR count). The molecule has 0 saturated heterocycles. The monoisotopic (exact) mass is 378 g/mol. The molecule has 2 amide bonds. The smallest absolute Gasteiger partial charge is 0.338 e. The summed E-state index contributed by atoms with van der Waals surface area (Å²) in [5.74, 6) is -2.09. The van der Waals surface area contributed by atoms with Gasteiger partial charge in [-0.1, -0.05) is 11.6 Å². The zero-order valence-electron chi connectivity index (χ0n) is 13.9. The quantitative estimate of drug-likeness (QED) is 0.784. The normalized spacial score (nSPS) is 10.1. The fourth-order valence-corrected chi connectivity index (χ4v) is 2.07. The lowest BCUT2D eigenvalue weighted by Gasteiger charge is -2.16. The van der Waals surface area contributed by atoms with E-state index >= 15 is 0 Å². The minimum absolute atomic E-state index is 0.241. The number of likely N-dealkylation sites (N-methyl/N-ethyl adjacent to an activating group) is 1. The zero-order chi connectivity index (χ0) is 19.1. The Balaban J connectivity index is 1.79. The SMILES string of the molecule is CN(CC(=O)Nc1ccc(F)cc1)C(=O)COC(=O)c1ccc(Cl)cc1. The summed E-state index contributed by atoms with van der Waals surface area (Å²) in [6.45, 7) is -0.740. The number of esters is 1.